The summed E-state index contributed by atoms with van der Waals surface area (Å²) in [6.45, 7) is 14.3. The summed E-state index contributed by atoms with van der Waals surface area (Å²) < 4.78 is 68.8. The molecule has 0 saturated heterocycles. The topological polar surface area (TPSA) is 237 Å². The first-order chi connectivity index (χ1) is 50.7. The van der Waals surface area contributed by atoms with E-state index in [-0.39, 0.29) is 25.7 Å². The van der Waals surface area contributed by atoms with Crippen molar-refractivity contribution in [3.8, 4) is 0 Å². The predicted molar refractivity (Wildman–Crippen MR) is 432 cm³/mol. The SMILES string of the molecule is CCC(C)CCCCCCCCCCCCCCCCCCCCC(=O)O[C@H](COC(=O)CCCCCCCCCCC(C)C)COP(=O)(O)OC[C@@H](O)COP(=O)(O)OC[C@@H](COC(=O)CCCCCCCCC(C)CC)OC(=O)CCCCCCCCCCCCCCCCCCCCC(C)CC. The van der Waals surface area contributed by atoms with Crippen molar-refractivity contribution in [2.45, 2.75) is 465 Å². The Hall–Kier alpha value is -1.94. The largest absolute Gasteiger partial charge is 0.472 e. The van der Waals surface area contributed by atoms with Gasteiger partial charge >= 0.3 is 39.5 Å². The molecule has 0 heterocycles. The Morgan fingerprint density at radius 2 is 0.457 bits per heavy atom. The number of aliphatic hydroxyl groups is 1. The van der Waals surface area contributed by atoms with E-state index in [1.54, 1.807) is 0 Å². The number of carbonyl (C=O) groups excluding carboxylic acids is 4. The molecule has 105 heavy (non-hydrogen) atoms. The lowest BCUT2D eigenvalue weighted by Crippen LogP contribution is -2.30. The van der Waals surface area contributed by atoms with E-state index in [2.05, 4.69) is 55.4 Å². The van der Waals surface area contributed by atoms with Gasteiger partial charge in [-0.1, -0.05) is 396 Å². The Kier molecular flexibility index (Phi) is 73.4. The third-order valence-electron chi connectivity index (χ3n) is 21.2. The van der Waals surface area contributed by atoms with E-state index < -0.39 is 97.5 Å². The number of ether oxygens (including phenoxy) is 4. The number of carbonyl (C=O) groups is 4. The molecule has 0 aromatic rings. The molecule has 0 aromatic carbocycles. The molecular formula is C86H168O17P2. The van der Waals surface area contributed by atoms with Crippen molar-refractivity contribution in [2.75, 3.05) is 39.6 Å². The van der Waals surface area contributed by atoms with E-state index in [0.29, 0.717) is 25.7 Å². The van der Waals surface area contributed by atoms with Crippen LogP contribution in [-0.2, 0) is 65.4 Å². The van der Waals surface area contributed by atoms with Crippen LogP contribution in [0.4, 0.5) is 0 Å². The van der Waals surface area contributed by atoms with E-state index in [4.69, 9.17) is 37.0 Å². The second kappa shape index (κ2) is 74.8. The number of rotatable bonds is 83. The maximum absolute atomic E-state index is 13.1. The normalized spacial score (nSPS) is 14.7. The molecule has 0 rings (SSSR count). The molecule has 8 atom stereocenters. The second-order valence-electron chi connectivity index (χ2n) is 32.1. The van der Waals surface area contributed by atoms with Gasteiger partial charge in [-0.3, -0.25) is 37.3 Å². The van der Waals surface area contributed by atoms with Crippen LogP contribution in [0.15, 0.2) is 0 Å². The lowest BCUT2D eigenvalue weighted by Gasteiger charge is -2.21. The monoisotopic (exact) mass is 1540 g/mol. The number of hydrogen-bond acceptors (Lipinski definition) is 15. The number of esters is 4. The highest BCUT2D eigenvalue weighted by atomic mass is 31.2. The third kappa shape index (κ3) is 75.9. The minimum Gasteiger partial charge on any atom is -0.462 e. The molecule has 3 N–H and O–H groups in total. The lowest BCUT2D eigenvalue weighted by molar-refractivity contribution is -0.161. The maximum atomic E-state index is 13.1. The average Bonchev–Trinajstić information content (AvgIpc) is 0.915. The second-order valence-corrected chi connectivity index (χ2v) is 35.0. The lowest BCUT2D eigenvalue weighted by atomic mass is 9.99. The Bertz CT molecular complexity index is 2050. The van der Waals surface area contributed by atoms with Crippen LogP contribution in [0, 0.1) is 23.7 Å². The summed E-state index contributed by atoms with van der Waals surface area (Å²) in [7, 11) is -9.93. The molecular weight excluding hydrogens is 1370 g/mol. The van der Waals surface area contributed by atoms with Gasteiger partial charge in [0.05, 0.1) is 26.4 Å². The Morgan fingerprint density at radius 3 is 0.676 bits per heavy atom. The van der Waals surface area contributed by atoms with Crippen molar-refractivity contribution in [1.82, 2.24) is 0 Å². The molecule has 5 unspecified atom stereocenters. The number of phosphoric acid groups is 2. The highest BCUT2D eigenvalue weighted by Gasteiger charge is 2.31. The van der Waals surface area contributed by atoms with Crippen LogP contribution < -0.4 is 0 Å². The predicted octanol–water partition coefficient (Wildman–Crippen LogP) is 25.9. The minimum absolute atomic E-state index is 0.107. The fourth-order valence-corrected chi connectivity index (χ4v) is 14.8. The van der Waals surface area contributed by atoms with E-state index in [9.17, 15) is 43.2 Å². The molecule has 0 spiro atoms. The van der Waals surface area contributed by atoms with E-state index >= 15 is 0 Å². The Balaban J connectivity index is 5.15. The van der Waals surface area contributed by atoms with Gasteiger partial charge in [0.25, 0.3) is 0 Å². The zero-order chi connectivity index (χ0) is 77.4. The van der Waals surface area contributed by atoms with Gasteiger partial charge in [-0.25, -0.2) is 9.13 Å². The molecule has 0 fully saturated rings. The van der Waals surface area contributed by atoms with Crippen LogP contribution in [0.1, 0.15) is 447 Å². The first-order valence-electron chi connectivity index (χ1n) is 44.3. The van der Waals surface area contributed by atoms with E-state index in [0.717, 1.165) is 120 Å². The summed E-state index contributed by atoms with van der Waals surface area (Å²) in [6, 6.07) is 0. The number of unbranched alkanes of at least 4 members (excludes halogenated alkanes) is 46. The zero-order valence-electron chi connectivity index (χ0n) is 69.4. The average molecular weight is 1540 g/mol. The maximum Gasteiger partial charge on any atom is 0.472 e. The smallest absolute Gasteiger partial charge is 0.462 e. The molecule has 0 bridgehead atoms. The van der Waals surface area contributed by atoms with Gasteiger partial charge in [-0.15, -0.1) is 0 Å². The van der Waals surface area contributed by atoms with E-state index in [1.165, 1.54) is 244 Å². The molecule has 0 aliphatic rings. The number of hydrogen-bond donors (Lipinski definition) is 3. The van der Waals surface area contributed by atoms with Gasteiger partial charge < -0.3 is 33.8 Å². The minimum atomic E-state index is -4.96. The van der Waals surface area contributed by atoms with Crippen molar-refractivity contribution in [2.24, 2.45) is 23.7 Å². The van der Waals surface area contributed by atoms with Crippen molar-refractivity contribution in [3.63, 3.8) is 0 Å². The molecule has 0 amide bonds. The van der Waals surface area contributed by atoms with Crippen LogP contribution in [-0.4, -0.2) is 96.7 Å². The fourth-order valence-electron chi connectivity index (χ4n) is 13.2. The van der Waals surface area contributed by atoms with Crippen molar-refractivity contribution < 1.29 is 80.2 Å². The van der Waals surface area contributed by atoms with Crippen molar-refractivity contribution in [3.05, 3.63) is 0 Å². The molecule has 0 saturated carbocycles. The first-order valence-corrected chi connectivity index (χ1v) is 47.3. The highest BCUT2D eigenvalue weighted by molar-refractivity contribution is 7.47. The van der Waals surface area contributed by atoms with Crippen LogP contribution in [0.25, 0.3) is 0 Å². The first kappa shape index (κ1) is 103. The van der Waals surface area contributed by atoms with Gasteiger partial charge in [0.2, 0.25) is 0 Å². The van der Waals surface area contributed by atoms with Crippen LogP contribution >= 0.6 is 15.6 Å². The number of phosphoric ester groups is 2. The van der Waals surface area contributed by atoms with Gasteiger partial charge in [0.15, 0.2) is 12.2 Å². The van der Waals surface area contributed by atoms with E-state index in [1.807, 2.05) is 0 Å². The third-order valence-corrected chi connectivity index (χ3v) is 23.1. The summed E-state index contributed by atoms with van der Waals surface area (Å²) in [5.74, 6) is 1.09. The molecule has 624 valence electrons. The summed E-state index contributed by atoms with van der Waals surface area (Å²) in [4.78, 5) is 73.1. The quantitative estimate of drug-likeness (QED) is 0.0222. The summed E-state index contributed by atoms with van der Waals surface area (Å²) in [6.07, 6.45) is 64.0. The summed E-state index contributed by atoms with van der Waals surface area (Å²) in [5.41, 5.74) is 0. The van der Waals surface area contributed by atoms with Crippen LogP contribution in [0.2, 0.25) is 0 Å². The summed E-state index contributed by atoms with van der Waals surface area (Å²) >= 11 is 0. The number of aliphatic hydroxyl groups excluding tert-OH is 1. The molecule has 17 nitrogen and oxygen atoms in total. The summed E-state index contributed by atoms with van der Waals surface area (Å²) in [5, 5.41) is 10.7. The van der Waals surface area contributed by atoms with Crippen molar-refractivity contribution >= 4 is 39.5 Å². The van der Waals surface area contributed by atoms with Gasteiger partial charge in [0.1, 0.15) is 19.3 Å². The van der Waals surface area contributed by atoms with Crippen LogP contribution in [0.5, 0.6) is 0 Å². The zero-order valence-corrected chi connectivity index (χ0v) is 71.2. The Morgan fingerprint density at radius 1 is 0.267 bits per heavy atom. The molecule has 19 heteroatoms. The molecule has 0 radical (unpaired) electrons. The standard InChI is InChI=1S/C86H168O17P2/c1-9-77(6)63-55-47-39-32-28-24-20-16-12-14-18-22-26-30-34-42-52-60-68-85(90)102-81(72-96-83(88)66-58-50-41-37-36-38-46-54-62-76(4)5)74-100-104(92,93)98-70-80(87)71-99-105(94,95)101-75-82(73-97-84(89)67-59-51-45-44-49-57-65-79(8)11-3)103-86(91)69-61-53-43-35-31-27-23-19-15-13-17-21-25-29-33-40-48-56-64-78(7)10-2/h76-82,87H,9-75H2,1-8H3,(H,92,93)(H,94,95)/t77?,78?,79?,80-,81-,82-/m1/s1. The molecule has 0 aliphatic heterocycles. The fraction of sp³-hybridized carbons (Fsp3) is 0.953. The molecule has 0 aliphatic carbocycles. The van der Waals surface area contributed by atoms with Crippen LogP contribution in [0.3, 0.4) is 0 Å². The van der Waals surface area contributed by atoms with Gasteiger partial charge in [-0.05, 0) is 49.4 Å². The highest BCUT2D eigenvalue weighted by Crippen LogP contribution is 2.45. The Labute approximate surface area is 645 Å². The van der Waals surface area contributed by atoms with Gasteiger partial charge in [0, 0.05) is 25.7 Å². The molecule has 0 aromatic heterocycles. The van der Waals surface area contributed by atoms with Gasteiger partial charge in [-0.2, -0.15) is 0 Å². The van der Waals surface area contributed by atoms with Crippen molar-refractivity contribution in [1.29, 1.82) is 0 Å².